The van der Waals surface area contributed by atoms with Crippen molar-refractivity contribution in [1.82, 2.24) is 15.4 Å². The van der Waals surface area contributed by atoms with E-state index in [-0.39, 0.29) is 17.6 Å². The van der Waals surface area contributed by atoms with Crippen molar-refractivity contribution >= 4 is 5.91 Å². The number of methoxy groups -OCH3 is 2. The summed E-state index contributed by atoms with van der Waals surface area (Å²) in [7, 11) is 7.17. The first kappa shape index (κ1) is 20.4. The highest BCUT2D eigenvalue weighted by Crippen LogP contribution is 2.27. The third kappa shape index (κ3) is 4.75. The van der Waals surface area contributed by atoms with Crippen LogP contribution in [-0.4, -0.2) is 50.8 Å². The first-order chi connectivity index (χ1) is 14.0. The molecule has 0 aliphatic carbocycles. The van der Waals surface area contributed by atoms with Crippen molar-refractivity contribution in [3.8, 4) is 22.8 Å². The molecule has 0 saturated carbocycles. The number of benzene rings is 2. The Balaban J connectivity index is 1.70. The Morgan fingerprint density at radius 2 is 1.83 bits per heavy atom. The number of nitrogens with one attached hydrogen (secondary N) is 1. The fourth-order valence-corrected chi connectivity index (χ4v) is 3.07. The minimum absolute atomic E-state index is 0.0527. The van der Waals surface area contributed by atoms with Crippen molar-refractivity contribution in [1.29, 1.82) is 0 Å². The Hall–Kier alpha value is -3.32. The average Bonchev–Trinajstić information content (AvgIpc) is 3.24. The second-order valence-electron chi connectivity index (χ2n) is 6.74. The number of para-hydroxylation sites is 1. The Bertz CT molecular complexity index is 951. The van der Waals surface area contributed by atoms with Gasteiger partial charge >= 0.3 is 0 Å². The molecule has 1 amide bonds. The smallest absolute Gasteiger partial charge is 0.273 e. The number of nitrogens with zero attached hydrogens (tertiary/aromatic N) is 2. The molecule has 29 heavy (non-hydrogen) atoms. The van der Waals surface area contributed by atoms with E-state index >= 15 is 0 Å². The van der Waals surface area contributed by atoms with Crippen molar-refractivity contribution in [3.05, 3.63) is 65.9 Å². The van der Waals surface area contributed by atoms with E-state index in [1.54, 1.807) is 20.3 Å². The largest absolute Gasteiger partial charge is 0.497 e. The third-order valence-electron chi connectivity index (χ3n) is 4.69. The van der Waals surface area contributed by atoms with Crippen molar-refractivity contribution in [2.75, 3.05) is 34.9 Å². The monoisotopic (exact) mass is 395 g/mol. The van der Waals surface area contributed by atoms with Gasteiger partial charge < -0.3 is 24.2 Å². The van der Waals surface area contributed by atoms with Crippen LogP contribution in [0.25, 0.3) is 11.3 Å². The number of likely N-dealkylation sites (N-methyl/N-ethyl adjacent to an activating group) is 1. The second-order valence-corrected chi connectivity index (χ2v) is 6.74. The fraction of sp³-hybridized carbons (Fsp3) is 0.273. The summed E-state index contributed by atoms with van der Waals surface area (Å²) < 4.78 is 16.0. The lowest BCUT2D eigenvalue weighted by molar-refractivity contribution is 0.0932. The quantitative estimate of drug-likeness (QED) is 0.630. The summed E-state index contributed by atoms with van der Waals surface area (Å²) in [6.07, 6.45) is 0. The van der Waals surface area contributed by atoms with Crippen LogP contribution < -0.4 is 14.8 Å². The van der Waals surface area contributed by atoms with E-state index in [4.69, 9.17) is 14.0 Å². The van der Waals surface area contributed by atoms with Gasteiger partial charge in [-0.3, -0.25) is 4.79 Å². The summed E-state index contributed by atoms with van der Waals surface area (Å²) >= 11 is 0. The Morgan fingerprint density at radius 3 is 2.48 bits per heavy atom. The lowest BCUT2D eigenvalue weighted by atomic mass is 10.0. The number of ether oxygens (including phenoxy) is 2. The van der Waals surface area contributed by atoms with Crippen molar-refractivity contribution in [2.24, 2.45) is 0 Å². The summed E-state index contributed by atoms with van der Waals surface area (Å²) in [5.74, 6) is 1.75. The maximum Gasteiger partial charge on any atom is 0.273 e. The molecule has 3 rings (SSSR count). The van der Waals surface area contributed by atoms with Crippen LogP contribution in [0.1, 0.15) is 22.1 Å². The Labute approximate surface area is 170 Å². The number of hydrogen-bond acceptors (Lipinski definition) is 6. The highest BCUT2D eigenvalue weighted by atomic mass is 16.5. The number of hydrogen-bond donors (Lipinski definition) is 1. The number of carbonyl (C=O) groups is 1. The summed E-state index contributed by atoms with van der Waals surface area (Å²) in [6, 6.07) is 16.7. The van der Waals surface area contributed by atoms with Crippen LogP contribution in [0, 0.1) is 0 Å². The molecule has 0 fully saturated rings. The molecular formula is C22H25N3O4. The summed E-state index contributed by atoms with van der Waals surface area (Å²) in [5, 5.41) is 6.84. The minimum atomic E-state index is -0.296. The maximum absolute atomic E-state index is 12.6. The first-order valence-electron chi connectivity index (χ1n) is 9.22. The maximum atomic E-state index is 12.6. The number of amides is 1. The number of carbonyl (C=O) groups excluding carboxylic acids is 1. The Morgan fingerprint density at radius 1 is 1.10 bits per heavy atom. The van der Waals surface area contributed by atoms with Crippen LogP contribution in [-0.2, 0) is 0 Å². The molecule has 2 aromatic carbocycles. The zero-order valence-corrected chi connectivity index (χ0v) is 17.0. The van der Waals surface area contributed by atoms with Crippen LogP contribution in [0.5, 0.6) is 11.5 Å². The molecule has 0 spiro atoms. The van der Waals surface area contributed by atoms with Crippen molar-refractivity contribution in [3.63, 3.8) is 0 Å². The first-order valence-corrected chi connectivity index (χ1v) is 9.22. The average molecular weight is 395 g/mol. The van der Waals surface area contributed by atoms with Crippen LogP contribution in [0.4, 0.5) is 0 Å². The van der Waals surface area contributed by atoms with Gasteiger partial charge in [-0.15, -0.1) is 0 Å². The standard InChI is InChI=1S/C22H25N3O4/c1-25(2)19(17-7-5-6-8-20(17)28-4)14-23-22(26)18-13-21(29-24-18)15-9-11-16(27-3)12-10-15/h5-13,19H,14H2,1-4H3,(H,23,26)/t19-/m1/s1. The second kappa shape index (κ2) is 9.25. The van der Waals surface area contributed by atoms with Gasteiger partial charge in [0.15, 0.2) is 11.5 Å². The molecule has 0 aliphatic heterocycles. The van der Waals surface area contributed by atoms with Gasteiger partial charge in [-0.05, 0) is 44.4 Å². The topological polar surface area (TPSA) is 76.8 Å². The van der Waals surface area contributed by atoms with Gasteiger partial charge in [0.25, 0.3) is 5.91 Å². The predicted octanol–water partition coefficient (Wildman–Crippen LogP) is 3.39. The van der Waals surface area contributed by atoms with Crippen molar-refractivity contribution in [2.45, 2.75) is 6.04 Å². The molecule has 0 saturated heterocycles. The van der Waals surface area contributed by atoms with Gasteiger partial charge in [0.2, 0.25) is 0 Å². The molecule has 7 nitrogen and oxygen atoms in total. The van der Waals surface area contributed by atoms with Crippen LogP contribution in [0.2, 0.25) is 0 Å². The molecule has 1 atom stereocenters. The van der Waals surface area contributed by atoms with Gasteiger partial charge in [-0.2, -0.15) is 0 Å². The third-order valence-corrected chi connectivity index (χ3v) is 4.69. The zero-order valence-electron chi connectivity index (χ0n) is 17.0. The van der Waals surface area contributed by atoms with Crippen LogP contribution >= 0.6 is 0 Å². The van der Waals surface area contributed by atoms with Gasteiger partial charge in [0, 0.05) is 23.7 Å². The molecular weight excluding hydrogens is 370 g/mol. The molecule has 152 valence electrons. The lowest BCUT2D eigenvalue weighted by Crippen LogP contribution is -2.34. The van der Waals surface area contributed by atoms with E-state index < -0.39 is 0 Å². The SMILES string of the molecule is COc1ccc(-c2cc(C(=O)NC[C@H](c3ccccc3OC)N(C)C)no2)cc1. The van der Waals surface area contributed by atoms with Gasteiger partial charge in [0.1, 0.15) is 11.5 Å². The highest BCUT2D eigenvalue weighted by Gasteiger charge is 2.21. The summed E-state index contributed by atoms with van der Waals surface area (Å²) in [6.45, 7) is 0.400. The highest BCUT2D eigenvalue weighted by molar-refractivity contribution is 5.93. The lowest BCUT2D eigenvalue weighted by Gasteiger charge is -2.26. The summed E-state index contributed by atoms with van der Waals surface area (Å²) in [4.78, 5) is 14.6. The van der Waals surface area contributed by atoms with E-state index in [1.807, 2.05) is 67.5 Å². The number of rotatable bonds is 8. The fourth-order valence-electron chi connectivity index (χ4n) is 3.07. The molecule has 3 aromatic rings. The summed E-state index contributed by atoms with van der Waals surface area (Å²) in [5.41, 5.74) is 2.05. The predicted molar refractivity (Wildman–Crippen MR) is 110 cm³/mol. The van der Waals surface area contributed by atoms with Gasteiger partial charge in [-0.1, -0.05) is 23.4 Å². The molecule has 0 unspecified atom stereocenters. The van der Waals surface area contributed by atoms with Crippen LogP contribution in [0.3, 0.4) is 0 Å². The Kier molecular flexibility index (Phi) is 6.51. The van der Waals surface area contributed by atoms with E-state index in [0.29, 0.717) is 12.3 Å². The molecule has 0 radical (unpaired) electrons. The van der Waals surface area contributed by atoms with E-state index in [0.717, 1.165) is 22.6 Å². The van der Waals surface area contributed by atoms with E-state index in [1.165, 1.54) is 0 Å². The molecule has 7 heteroatoms. The molecule has 0 aliphatic rings. The molecule has 1 N–H and O–H groups in total. The number of aromatic nitrogens is 1. The zero-order chi connectivity index (χ0) is 20.8. The van der Waals surface area contributed by atoms with Gasteiger partial charge in [-0.25, -0.2) is 0 Å². The molecule has 0 bridgehead atoms. The minimum Gasteiger partial charge on any atom is -0.497 e. The van der Waals surface area contributed by atoms with E-state index in [9.17, 15) is 4.79 Å². The van der Waals surface area contributed by atoms with Crippen molar-refractivity contribution < 1.29 is 18.8 Å². The normalized spacial score (nSPS) is 11.9. The molecule has 1 aromatic heterocycles. The van der Waals surface area contributed by atoms with Crippen LogP contribution in [0.15, 0.2) is 59.1 Å². The molecule has 1 heterocycles. The van der Waals surface area contributed by atoms with E-state index in [2.05, 4.69) is 10.5 Å². The van der Waals surface area contributed by atoms with Gasteiger partial charge in [0.05, 0.1) is 20.3 Å².